The zero-order valence-electron chi connectivity index (χ0n) is 36.9. The number of nitrogens with zero attached hydrogens (tertiary/aromatic N) is 5. The molecule has 2 heterocycles. The summed E-state index contributed by atoms with van der Waals surface area (Å²) in [5.41, 5.74) is 20.4. The molecule has 0 amide bonds. The quantitative estimate of drug-likeness (QED) is 0.152. The number of hydrogen-bond acceptors (Lipinski definition) is 5. The zero-order valence-corrected chi connectivity index (χ0v) is 36.9. The summed E-state index contributed by atoms with van der Waals surface area (Å²) in [6.45, 7) is 0. The molecule has 0 radical (unpaired) electrons. The molecule has 2 atom stereocenters. The van der Waals surface area contributed by atoms with Gasteiger partial charge >= 0.3 is 0 Å². The van der Waals surface area contributed by atoms with Crippen molar-refractivity contribution >= 4 is 0 Å². The molecule has 0 aliphatic heterocycles. The molecule has 318 valence electrons. The monoisotopic (exact) mass is 867 g/mol. The van der Waals surface area contributed by atoms with Crippen molar-refractivity contribution in [2.24, 2.45) is 0 Å². The lowest BCUT2D eigenvalue weighted by Crippen LogP contribution is -2.27. The lowest BCUT2D eigenvalue weighted by atomic mass is 9.60. The molecule has 0 N–H and O–H groups in total. The van der Waals surface area contributed by atoms with Gasteiger partial charge in [0.15, 0.2) is 23.3 Å². The Balaban J connectivity index is 0.883. The van der Waals surface area contributed by atoms with Crippen LogP contribution in [0.25, 0.3) is 90.3 Å². The van der Waals surface area contributed by atoms with Crippen LogP contribution in [0.15, 0.2) is 237 Å². The van der Waals surface area contributed by atoms with E-state index in [2.05, 4.69) is 182 Å². The van der Waals surface area contributed by atoms with Gasteiger partial charge in [0.05, 0.1) is 11.4 Å². The summed E-state index contributed by atoms with van der Waals surface area (Å²) in [5, 5.41) is 0. The molecule has 14 rings (SSSR count). The van der Waals surface area contributed by atoms with Gasteiger partial charge in [0, 0.05) is 45.2 Å². The minimum absolute atomic E-state index is 0.0492. The fraction of sp³-hybridized carbons (Fsp3) is 0.0317. The number of aromatic nitrogens is 5. The minimum Gasteiger partial charge on any atom is -0.228 e. The van der Waals surface area contributed by atoms with Crippen molar-refractivity contribution in [2.75, 3.05) is 0 Å². The molecule has 5 nitrogen and oxygen atoms in total. The summed E-state index contributed by atoms with van der Waals surface area (Å²) in [5.74, 6) is 2.77. The van der Waals surface area contributed by atoms with Crippen LogP contribution in [0.4, 0.5) is 0 Å². The molecular formula is C63H41N5. The van der Waals surface area contributed by atoms with E-state index in [0.29, 0.717) is 23.3 Å². The Kier molecular flexibility index (Phi) is 9.57. The van der Waals surface area contributed by atoms with Crippen LogP contribution in [-0.2, 0) is 0 Å². The topological polar surface area (TPSA) is 64.5 Å². The Morgan fingerprint density at radius 3 is 0.941 bits per heavy atom. The van der Waals surface area contributed by atoms with Crippen molar-refractivity contribution in [2.45, 2.75) is 11.8 Å². The van der Waals surface area contributed by atoms with Gasteiger partial charge in [-0.25, -0.2) is 24.9 Å². The van der Waals surface area contributed by atoms with Crippen LogP contribution in [0, 0.1) is 0 Å². The maximum absolute atomic E-state index is 5.27. The second-order valence-corrected chi connectivity index (χ2v) is 17.6. The SMILES string of the molecule is c1ccc(-c2ccc(-c3ccc(-c4cc(-c5ccc6c(c5)C5c7ccccc7C6c6cc(-c7nc(-c8ccccc8)nc(-c8ccccc8)n7)ccc65)nc(-c5ccccc5)n4)cc3)cc2)cc1. The summed E-state index contributed by atoms with van der Waals surface area (Å²) in [7, 11) is 0. The number of benzene rings is 9. The molecule has 3 aliphatic rings. The van der Waals surface area contributed by atoms with E-state index >= 15 is 0 Å². The zero-order chi connectivity index (χ0) is 45.0. The van der Waals surface area contributed by atoms with Crippen molar-refractivity contribution < 1.29 is 0 Å². The van der Waals surface area contributed by atoms with Gasteiger partial charge in [0.1, 0.15) is 0 Å². The van der Waals surface area contributed by atoms with Crippen LogP contribution in [0.1, 0.15) is 45.2 Å². The highest BCUT2D eigenvalue weighted by Gasteiger charge is 2.41. The molecule has 0 fully saturated rings. The normalized spacial score (nSPS) is 14.2. The Bertz CT molecular complexity index is 3590. The first-order valence-corrected chi connectivity index (χ1v) is 23.1. The highest BCUT2D eigenvalue weighted by atomic mass is 15.0. The molecule has 5 heteroatoms. The lowest BCUT2D eigenvalue weighted by Gasteiger charge is -2.42. The van der Waals surface area contributed by atoms with Crippen molar-refractivity contribution in [1.29, 1.82) is 0 Å². The number of hydrogen-bond donors (Lipinski definition) is 0. The van der Waals surface area contributed by atoms with Crippen LogP contribution < -0.4 is 0 Å². The Morgan fingerprint density at radius 2 is 0.485 bits per heavy atom. The van der Waals surface area contributed by atoms with Gasteiger partial charge in [-0.05, 0) is 73.8 Å². The Labute approximate surface area is 395 Å². The van der Waals surface area contributed by atoms with E-state index in [9.17, 15) is 0 Å². The third kappa shape index (κ3) is 7.00. The molecule has 68 heavy (non-hydrogen) atoms. The van der Waals surface area contributed by atoms with Crippen LogP contribution in [-0.4, -0.2) is 24.9 Å². The second kappa shape index (κ2) is 16.5. The van der Waals surface area contributed by atoms with Gasteiger partial charge in [-0.2, -0.15) is 0 Å². The summed E-state index contributed by atoms with van der Waals surface area (Å²) in [6.07, 6.45) is 0. The second-order valence-electron chi connectivity index (χ2n) is 17.6. The van der Waals surface area contributed by atoms with E-state index in [1.807, 2.05) is 54.6 Å². The van der Waals surface area contributed by atoms with E-state index in [1.54, 1.807) is 0 Å². The molecule has 2 bridgehead atoms. The van der Waals surface area contributed by atoms with Crippen LogP contribution in [0.3, 0.4) is 0 Å². The van der Waals surface area contributed by atoms with E-state index < -0.39 is 0 Å². The largest absolute Gasteiger partial charge is 0.228 e. The van der Waals surface area contributed by atoms with Crippen molar-refractivity contribution in [3.05, 3.63) is 270 Å². The third-order valence-corrected chi connectivity index (χ3v) is 13.6. The average Bonchev–Trinajstić information content (AvgIpc) is 3.43. The smallest absolute Gasteiger partial charge is 0.164 e. The highest BCUT2D eigenvalue weighted by molar-refractivity contribution is 5.79. The van der Waals surface area contributed by atoms with Gasteiger partial charge < -0.3 is 0 Å². The molecular weight excluding hydrogens is 827 g/mol. The highest BCUT2D eigenvalue weighted by Crippen LogP contribution is 2.56. The van der Waals surface area contributed by atoms with Gasteiger partial charge in [-0.3, -0.25) is 0 Å². The van der Waals surface area contributed by atoms with Crippen LogP contribution in [0.2, 0.25) is 0 Å². The van der Waals surface area contributed by atoms with E-state index in [-0.39, 0.29) is 11.8 Å². The van der Waals surface area contributed by atoms with Crippen molar-refractivity contribution in [1.82, 2.24) is 24.9 Å². The van der Waals surface area contributed by atoms with E-state index in [4.69, 9.17) is 24.9 Å². The van der Waals surface area contributed by atoms with Crippen LogP contribution in [0.5, 0.6) is 0 Å². The van der Waals surface area contributed by atoms with E-state index in [1.165, 1.54) is 50.1 Å². The van der Waals surface area contributed by atoms with Gasteiger partial charge in [-0.15, -0.1) is 0 Å². The first-order chi connectivity index (χ1) is 33.7. The first kappa shape index (κ1) is 39.4. The summed E-state index contributed by atoms with van der Waals surface area (Å²) in [4.78, 5) is 25.6. The molecule has 0 saturated carbocycles. The van der Waals surface area contributed by atoms with Gasteiger partial charge in [-0.1, -0.05) is 218 Å². The van der Waals surface area contributed by atoms with Gasteiger partial charge in [0.25, 0.3) is 0 Å². The Morgan fingerprint density at radius 1 is 0.191 bits per heavy atom. The summed E-state index contributed by atoms with van der Waals surface area (Å²) in [6, 6.07) is 83.5. The van der Waals surface area contributed by atoms with Gasteiger partial charge in [0.2, 0.25) is 0 Å². The minimum atomic E-state index is 0.0492. The van der Waals surface area contributed by atoms with Crippen LogP contribution >= 0.6 is 0 Å². The predicted molar refractivity (Wildman–Crippen MR) is 274 cm³/mol. The molecule has 0 spiro atoms. The van der Waals surface area contributed by atoms with Crippen molar-refractivity contribution in [3.8, 4) is 90.3 Å². The summed E-state index contributed by atoms with van der Waals surface area (Å²) >= 11 is 0. The fourth-order valence-corrected chi connectivity index (χ4v) is 10.2. The molecule has 2 unspecified atom stereocenters. The molecule has 2 aromatic heterocycles. The lowest BCUT2D eigenvalue weighted by molar-refractivity contribution is 0.754. The molecule has 3 aliphatic carbocycles. The molecule has 11 aromatic rings. The Hall–Kier alpha value is -8.93. The molecule has 0 saturated heterocycles. The van der Waals surface area contributed by atoms with E-state index in [0.717, 1.165) is 50.3 Å². The van der Waals surface area contributed by atoms with Crippen molar-refractivity contribution in [3.63, 3.8) is 0 Å². The third-order valence-electron chi connectivity index (χ3n) is 13.6. The maximum atomic E-state index is 5.27. The summed E-state index contributed by atoms with van der Waals surface area (Å²) < 4.78 is 0. The fourth-order valence-electron chi connectivity index (χ4n) is 10.2. The maximum Gasteiger partial charge on any atom is 0.164 e. The average molecular weight is 868 g/mol. The number of rotatable bonds is 8. The standard InChI is InChI=1S/C63H41N5/c1-5-15-40(16-6-1)41-25-27-42(28-26-41)43-29-31-44(32-30-43)56-39-57(65-60(64-56)45-17-7-2-8-18-45)48-33-35-52-54(37-48)58-50-23-13-14-24-51(50)59(52)55-38-49(34-36-53(55)58)63-67-61(46-19-9-3-10-20-46)66-62(68-63)47-21-11-4-12-22-47/h1-39,58-59H. The predicted octanol–water partition coefficient (Wildman–Crippen LogP) is 15.0. The first-order valence-electron chi connectivity index (χ1n) is 23.1. The molecule has 9 aromatic carbocycles.